The van der Waals surface area contributed by atoms with Crippen LogP contribution in [0.1, 0.15) is 5.82 Å². The van der Waals surface area contributed by atoms with E-state index in [9.17, 15) is 0 Å². The lowest BCUT2D eigenvalue weighted by atomic mass is 10.1. The van der Waals surface area contributed by atoms with Crippen LogP contribution >= 0.6 is 39.1 Å². The summed E-state index contributed by atoms with van der Waals surface area (Å²) in [6.45, 7) is 1.83. The van der Waals surface area contributed by atoms with E-state index in [0.717, 1.165) is 15.9 Å². The highest BCUT2D eigenvalue weighted by Gasteiger charge is 2.09. The van der Waals surface area contributed by atoms with Gasteiger partial charge in [0.1, 0.15) is 10.4 Å². The third-order valence-electron chi connectivity index (χ3n) is 2.03. The first-order chi connectivity index (χ1) is 7.58. The zero-order chi connectivity index (χ0) is 11.7. The number of nitrogens with zero attached hydrogens (tertiary/aromatic N) is 2. The summed E-state index contributed by atoms with van der Waals surface area (Å²) in [5.74, 6) is 0.681. The van der Waals surface area contributed by atoms with E-state index in [-0.39, 0.29) is 0 Å². The third kappa shape index (κ3) is 2.37. The second kappa shape index (κ2) is 4.70. The highest BCUT2D eigenvalue weighted by atomic mass is 79.9. The minimum atomic E-state index is 0.508. The Morgan fingerprint density at radius 3 is 2.62 bits per heavy atom. The van der Waals surface area contributed by atoms with Gasteiger partial charge in [-0.3, -0.25) is 0 Å². The van der Waals surface area contributed by atoms with Gasteiger partial charge in [0.25, 0.3) is 0 Å². The summed E-state index contributed by atoms with van der Waals surface area (Å²) in [7, 11) is 0. The highest BCUT2D eigenvalue weighted by molar-refractivity contribution is 9.10. The van der Waals surface area contributed by atoms with Crippen molar-refractivity contribution < 1.29 is 0 Å². The molecule has 0 N–H and O–H groups in total. The lowest BCUT2D eigenvalue weighted by Gasteiger charge is -2.06. The molecule has 0 spiro atoms. The standard InChI is InChI=1S/C11H7BrCl2N2/c1-6-15-9(5-10(12)16-6)7-3-2-4-8(13)11(7)14/h2-5H,1H3. The van der Waals surface area contributed by atoms with Crippen molar-refractivity contribution >= 4 is 39.1 Å². The first-order valence-corrected chi connectivity index (χ1v) is 6.08. The molecule has 0 fully saturated rings. The van der Waals surface area contributed by atoms with E-state index in [4.69, 9.17) is 23.2 Å². The van der Waals surface area contributed by atoms with Crippen LogP contribution in [0.15, 0.2) is 28.9 Å². The first kappa shape index (κ1) is 11.8. The molecule has 0 saturated heterocycles. The summed E-state index contributed by atoms with van der Waals surface area (Å²) in [5.41, 5.74) is 1.56. The minimum absolute atomic E-state index is 0.508. The predicted octanol–water partition coefficient (Wildman–Crippen LogP) is 4.52. The van der Waals surface area contributed by atoms with E-state index < -0.39 is 0 Å². The van der Waals surface area contributed by atoms with Crippen LogP contribution in [0.25, 0.3) is 11.3 Å². The van der Waals surface area contributed by atoms with E-state index in [1.807, 2.05) is 25.1 Å². The third-order valence-corrected chi connectivity index (χ3v) is 3.26. The van der Waals surface area contributed by atoms with Crippen molar-refractivity contribution in [1.82, 2.24) is 9.97 Å². The van der Waals surface area contributed by atoms with Crippen molar-refractivity contribution in [2.75, 3.05) is 0 Å². The van der Waals surface area contributed by atoms with Gasteiger partial charge in [-0.05, 0) is 35.0 Å². The smallest absolute Gasteiger partial charge is 0.127 e. The Hall–Kier alpha value is -0.640. The monoisotopic (exact) mass is 316 g/mol. The van der Waals surface area contributed by atoms with Crippen molar-refractivity contribution in [3.63, 3.8) is 0 Å². The van der Waals surface area contributed by atoms with Gasteiger partial charge in [-0.15, -0.1) is 0 Å². The molecular weight excluding hydrogens is 311 g/mol. The van der Waals surface area contributed by atoms with Gasteiger partial charge in [0, 0.05) is 5.56 Å². The van der Waals surface area contributed by atoms with Gasteiger partial charge in [0.05, 0.1) is 15.7 Å². The molecule has 1 aromatic heterocycles. The van der Waals surface area contributed by atoms with E-state index in [2.05, 4.69) is 25.9 Å². The Morgan fingerprint density at radius 2 is 1.94 bits per heavy atom. The maximum Gasteiger partial charge on any atom is 0.127 e. The van der Waals surface area contributed by atoms with Crippen LogP contribution < -0.4 is 0 Å². The van der Waals surface area contributed by atoms with Gasteiger partial charge in [-0.2, -0.15) is 0 Å². The average molecular weight is 318 g/mol. The molecule has 16 heavy (non-hydrogen) atoms. The summed E-state index contributed by atoms with van der Waals surface area (Å²) >= 11 is 15.4. The fraction of sp³-hybridized carbons (Fsp3) is 0.0909. The van der Waals surface area contributed by atoms with E-state index in [0.29, 0.717) is 15.9 Å². The zero-order valence-corrected chi connectivity index (χ0v) is 11.4. The SMILES string of the molecule is Cc1nc(Br)cc(-c2cccc(Cl)c2Cl)n1. The Balaban J connectivity index is 2.63. The largest absolute Gasteiger partial charge is 0.233 e. The summed E-state index contributed by atoms with van der Waals surface area (Å²) in [6, 6.07) is 7.28. The summed E-state index contributed by atoms with van der Waals surface area (Å²) in [6.07, 6.45) is 0. The quantitative estimate of drug-likeness (QED) is 0.723. The predicted molar refractivity (Wildman–Crippen MR) is 69.9 cm³/mol. The van der Waals surface area contributed by atoms with Crippen LogP contribution in [0, 0.1) is 6.92 Å². The Kier molecular flexibility index (Phi) is 3.47. The molecule has 5 heteroatoms. The van der Waals surface area contributed by atoms with Gasteiger partial charge in [0.15, 0.2) is 0 Å². The van der Waals surface area contributed by atoms with Crippen LogP contribution in [-0.2, 0) is 0 Å². The number of rotatable bonds is 1. The van der Waals surface area contributed by atoms with Gasteiger partial charge in [-0.1, -0.05) is 35.3 Å². The van der Waals surface area contributed by atoms with Crippen LogP contribution in [0.5, 0.6) is 0 Å². The molecule has 1 heterocycles. The topological polar surface area (TPSA) is 25.8 Å². The molecule has 0 aliphatic carbocycles. The molecule has 0 unspecified atom stereocenters. The number of benzene rings is 1. The number of hydrogen-bond acceptors (Lipinski definition) is 2. The minimum Gasteiger partial charge on any atom is -0.233 e. The van der Waals surface area contributed by atoms with Crippen LogP contribution in [0.3, 0.4) is 0 Å². The molecule has 82 valence electrons. The van der Waals surface area contributed by atoms with E-state index in [1.165, 1.54) is 0 Å². The van der Waals surface area contributed by atoms with Crippen molar-refractivity contribution in [2.45, 2.75) is 6.92 Å². The normalized spacial score (nSPS) is 10.5. The maximum absolute atomic E-state index is 6.12. The molecule has 0 atom stereocenters. The van der Waals surface area contributed by atoms with Crippen molar-refractivity contribution in [1.29, 1.82) is 0 Å². The summed E-state index contributed by atoms with van der Waals surface area (Å²) < 4.78 is 0.728. The second-order valence-corrected chi connectivity index (χ2v) is 4.82. The fourth-order valence-electron chi connectivity index (χ4n) is 1.37. The average Bonchev–Trinajstić information content (AvgIpc) is 2.20. The summed E-state index contributed by atoms with van der Waals surface area (Å²) in [5, 5.41) is 1.03. The van der Waals surface area contributed by atoms with E-state index >= 15 is 0 Å². The van der Waals surface area contributed by atoms with E-state index in [1.54, 1.807) is 6.07 Å². The molecular formula is C11H7BrCl2N2. The summed E-state index contributed by atoms with van der Waals surface area (Å²) in [4.78, 5) is 8.46. The fourth-order valence-corrected chi connectivity index (χ4v) is 2.24. The van der Waals surface area contributed by atoms with Gasteiger partial charge in [0.2, 0.25) is 0 Å². The van der Waals surface area contributed by atoms with Crippen molar-refractivity contribution in [2.24, 2.45) is 0 Å². The Labute approximate surface area is 112 Å². The molecule has 0 saturated carbocycles. The molecule has 0 bridgehead atoms. The van der Waals surface area contributed by atoms with Gasteiger partial charge in [-0.25, -0.2) is 9.97 Å². The molecule has 2 aromatic rings. The zero-order valence-electron chi connectivity index (χ0n) is 8.34. The van der Waals surface area contributed by atoms with Crippen LogP contribution in [0.2, 0.25) is 10.0 Å². The van der Waals surface area contributed by atoms with Crippen molar-refractivity contribution in [3.8, 4) is 11.3 Å². The van der Waals surface area contributed by atoms with Gasteiger partial charge >= 0.3 is 0 Å². The molecule has 0 amide bonds. The second-order valence-electron chi connectivity index (χ2n) is 3.22. The molecule has 0 aliphatic heterocycles. The number of aryl methyl sites for hydroxylation is 1. The number of hydrogen-bond donors (Lipinski definition) is 0. The molecule has 2 rings (SSSR count). The Bertz CT molecular complexity index is 523. The molecule has 0 radical (unpaired) electrons. The molecule has 0 aliphatic rings. The van der Waals surface area contributed by atoms with Gasteiger partial charge < -0.3 is 0 Å². The first-order valence-electron chi connectivity index (χ1n) is 4.53. The maximum atomic E-state index is 6.12. The Morgan fingerprint density at radius 1 is 1.19 bits per heavy atom. The number of aromatic nitrogens is 2. The van der Waals surface area contributed by atoms with Crippen molar-refractivity contribution in [3.05, 3.63) is 44.7 Å². The van der Waals surface area contributed by atoms with Crippen LogP contribution in [-0.4, -0.2) is 9.97 Å². The number of halogens is 3. The highest BCUT2D eigenvalue weighted by Crippen LogP contribution is 2.33. The molecule has 1 aromatic carbocycles. The lowest BCUT2D eigenvalue weighted by Crippen LogP contribution is -1.92. The van der Waals surface area contributed by atoms with Crippen LogP contribution in [0.4, 0.5) is 0 Å². The lowest BCUT2D eigenvalue weighted by molar-refractivity contribution is 1.04. The molecule has 2 nitrogen and oxygen atoms in total.